The van der Waals surface area contributed by atoms with Gasteiger partial charge in [-0.25, -0.2) is 20.0 Å². The van der Waals surface area contributed by atoms with E-state index in [0.717, 1.165) is 22.3 Å². The van der Waals surface area contributed by atoms with Crippen molar-refractivity contribution in [3.05, 3.63) is 140 Å². The number of carboxylic acid groups (broad SMARTS) is 2. The molecule has 12 nitrogen and oxygen atoms in total. The zero-order valence-corrected chi connectivity index (χ0v) is 34.7. The lowest BCUT2D eigenvalue weighted by Crippen LogP contribution is -2.19. The third-order valence-electron chi connectivity index (χ3n) is 9.66. The van der Waals surface area contributed by atoms with Crippen molar-refractivity contribution in [3.8, 4) is 11.5 Å². The summed E-state index contributed by atoms with van der Waals surface area (Å²) in [5, 5.41) is 18.6. The Kier molecular flexibility index (Phi) is 12.9. The Bertz CT molecular complexity index is 2260. The molecular weight excluding hydrogens is 872 g/mol. The predicted octanol–water partition coefficient (Wildman–Crippen LogP) is 8.60. The van der Waals surface area contributed by atoms with Crippen LogP contribution in [0.5, 0.6) is 11.5 Å². The Labute approximate surface area is 351 Å². The van der Waals surface area contributed by atoms with Gasteiger partial charge in [0.05, 0.1) is 92.9 Å². The predicted molar refractivity (Wildman–Crippen MR) is 231 cm³/mol. The smallest absolute Gasteiger partial charge is 0.305 e. The van der Waals surface area contributed by atoms with Gasteiger partial charge in [-0.1, -0.05) is 36.4 Å². The van der Waals surface area contributed by atoms with Crippen LogP contribution in [0.2, 0.25) is 0 Å². The minimum atomic E-state index is -0.935. The standard InChI is InChI=1S/C44H38Br2N4O8/c1-55-25(23-39(51)52)19-21-57-37-9-5-3-7-27(37)41-29-11-15-33(47-29)43(45)35-17-13-31(49-35)42(32-14-18-36(50-32)44(46)34-16-12-30(41)48-34)28-8-4-6-10-38(28)58-22-20-26(56-2)24-40(53)54/h3-18,25-26H,19-24H2,1-2H3,(H,51,52)(H,53,54). The summed E-state index contributed by atoms with van der Waals surface area (Å²) >= 11 is 7.61. The average molecular weight is 911 g/mol. The average Bonchev–Trinajstić information content (AvgIpc) is 4.06. The largest absolute Gasteiger partial charge is 0.493 e. The fourth-order valence-electron chi connectivity index (χ4n) is 6.77. The minimum absolute atomic E-state index is 0.121. The van der Waals surface area contributed by atoms with Crippen LogP contribution in [0.4, 0.5) is 0 Å². The quantitative estimate of drug-likeness (QED) is 0.169. The fraction of sp³-hybridized carbons (Fsp3) is 0.227. The number of aliphatic imine (C=N–C) groups is 4. The van der Waals surface area contributed by atoms with E-state index in [2.05, 4.69) is 31.9 Å². The van der Waals surface area contributed by atoms with E-state index in [-0.39, 0.29) is 26.1 Å². The summed E-state index contributed by atoms with van der Waals surface area (Å²) in [6.07, 6.45) is 15.0. The molecule has 7 rings (SSSR count). The van der Waals surface area contributed by atoms with E-state index in [1.807, 2.05) is 97.1 Å². The van der Waals surface area contributed by atoms with E-state index in [1.165, 1.54) is 14.2 Å². The van der Waals surface area contributed by atoms with Crippen molar-refractivity contribution in [2.24, 2.45) is 20.0 Å². The third-order valence-corrected chi connectivity index (χ3v) is 11.3. The molecule has 5 aliphatic heterocycles. The molecule has 0 aromatic heterocycles. The normalized spacial score (nSPS) is 17.9. The number of ether oxygens (including phenoxy) is 4. The minimum Gasteiger partial charge on any atom is -0.493 e. The third kappa shape index (κ3) is 9.10. The Hall–Kier alpha value is -5.54. The van der Waals surface area contributed by atoms with Crippen LogP contribution in [0.15, 0.2) is 149 Å². The second-order valence-electron chi connectivity index (χ2n) is 13.4. The van der Waals surface area contributed by atoms with E-state index in [4.69, 9.17) is 38.9 Å². The highest BCUT2D eigenvalue weighted by atomic mass is 79.9. The number of hydrogen-bond donors (Lipinski definition) is 2. The maximum Gasteiger partial charge on any atom is 0.305 e. The molecule has 2 N–H and O–H groups in total. The molecule has 14 heteroatoms. The van der Waals surface area contributed by atoms with Crippen LogP contribution < -0.4 is 9.47 Å². The summed E-state index contributed by atoms with van der Waals surface area (Å²) in [6, 6.07) is 15.3. The molecule has 296 valence electrons. The van der Waals surface area contributed by atoms with Crippen LogP contribution in [-0.4, -0.2) is 84.6 Å². The lowest BCUT2D eigenvalue weighted by Gasteiger charge is -2.17. The Morgan fingerprint density at radius 2 is 0.914 bits per heavy atom. The highest BCUT2D eigenvalue weighted by Crippen LogP contribution is 2.40. The highest BCUT2D eigenvalue weighted by Gasteiger charge is 2.28. The van der Waals surface area contributed by atoms with E-state index >= 15 is 0 Å². The van der Waals surface area contributed by atoms with Gasteiger partial charge in [0.1, 0.15) is 11.5 Å². The number of carbonyl (C=O) groups is 2. The van der Waals surface area contributed by atoms with Crippen molar-refractivity contribution in [1.29, 1.82) is 0 Å². The summed E-state index contributed by atoms with van der Waals surface area (Å²) in [7, 11) is 2.99. The molecule has 5 heterocycles. The van der Waals surface area contributed by atoms with Gasteiger partial charge in [-0.3, -0.25) is 9.59 Å². The summed E-state index contributed by atoms with van der Waals surface area (Å²) in [4.78, 5) is 43.0. The van der Waals surface area contributed by atoms with E-state index < -0.39 is 24.1 Å². The second-order valence-corrected chi connectivity index (χ2v) is 15.0. The molecule has 2 unspecified atom stereocenters. The molecule has 58 heavy (non-hydrogen) atoms. The highest BCUT2D eigenvalue weighted by molar-refractivity contribution is 9.12. The van der Waals surface area contributed by atoms with Gasteiger partial charge in [0.2, 0.25) is 0 Å². The number of carboxylic acids is 2. The first kappa shape index (κ1) is 40.6. The van der Waals surface area contributed by atoms with Crippen molar-refractivity contribution in [2.75, 3.05) is 27.4 Å². The Morgan fingerprint density at radius 3 is 1.31 bits per heavy atom. The number of halogens is 2. The van der Waals surface area contributed by atoms with Crippen molar-refractivity contribution < 1.29 is 38.7 Å². The number of rotatable bonds is 16. The first-order valence-corrected chi connectivity index (χ1v) is 20.0. The van der Waals surface area contributed by atoms with Crippen molar-refractivity contribution in [2.45, 2.75) is 37.9 Å². The number of nitrogens with zero attached hydrogens (tertiary/aromatic N) is 4. The SMILES string of the molecule is COC(CCOc1ccccc1C1=C2C=CC(=N2)C(Br)=C2C=CC(=N2)C(c2ccccc2OCCC(CC(=O)O)OC)=C2C=CC(=N2)C(Br)=C2C=CC1=N2)CC(=O)O. The maximum absolute atomic E-state index is 11.3. The summed E-state index contributed by atoms with van der Waals surface area (Å²) in [5.41, 5.74) is 8.30. The van der Waals surface area contributed by atoms with E-state index in [9.17, 15) is 19.8 Å². The summed E-state index contributed by atoms with van der Waals surface area (Å²) < 4.78 is 24.7. The van der Waals surface area contributed by atoms with Gasteiger partial charge in [0, 0.05) is 49.3 Å². The molecule has 0 spiro atoms. The molecule has 0 aliphatic carbocycles. The molecule has 0 amide bonds. The van der Waals surface area contributed by atoms with Crippen LogP contribution in [0, 0.1) is 0 Å². The van der Waals surface area contributed by atoms with Gasteiger partial charge in [-0.2, -0.15) is 0 Å². The molecule has 0 saturated heterocycles. The van der Waals surface area contributed by atoms with Crippen molar-refractivity contribution >= 4 is 77.8 Å². The Morgan fingerprint density at radius 1 is 0.552 bits per heavy atom. The number of para-hydroxylation sites is 2. The van der Waals surface area contributed by atoms with Crippen LogP contribution in [0.25, 0.3) is 11.1 Å². The number of aliphatic carboxylic acids is 2. The molecule has 2 aromatic carbocycles. The molecule has 8 bridgehead atoms. The topological polar surface area (TPSA) is 161 Å². The monoisotopic (exact) mass is 908 g/mol. The molecule has 5 aliphatic rings. The van der Waals surface area contributed by atoms with Crippen molar-refractivity contribution in [3.63, 3.8) is 0 Å². The lowest BCUT2D eigenvalue weighted by atomic mass is 9.97. The molecule has 2 atom stereocenters. The molecule has 2 aromatic rings. The first-order valence-electron chi connectivity index (χ1n) is 18.4. The fourth-order valence-corrected chi connectivity index (χ4v) is 7.65. The molecular formula is C44H38Br2N4O8. The van der Waals surface area contributed by atoms with Crippen LogP contribution in [-0.2, 0) is 19.1 Å². The summed E-state index contributed by atoms with van der Waals surface area (Å²) in [5.74, 6) is -0.688. The lowest BCUT2D eigenvalue weighted by molar-refractivity contribution is -0.141. The number of allylic oxidation sites excluding steroid dienone is 12. The van der Waals surface area contributed by atoms with Gasteiger partial charge >= 0.3 is 11.9 Å². The number of methoxy groups -OCH3 is 2. The molecule has 0 radical (unpaired) electrons. The summed E-state index contributed by atoms with van der Waals surface area (Å²) in [6.45, 7) is 0.474. The van der Waals surface area contributed by atoms with Crippen molar-refractivity contribution in [1.82, 2.24) is 0 Å². The molecule has 0 saturated carbocycles. The van der Waals surface area contributed by atoms with E-state index in [1.54, 1.807) is 0 Å². The van der Waals surface area contributed by atoms with Crippen LogP contribution in [0.1, 0.15) is 36.8 Å². The van der Waals surface area contributed by atoms with Crippen LogP contribution >= 0.6 is 31.9 Å². The zero-order chi connectivity index (χ0) is 40.8. The number of hydrogen-bond acceptors (Lipinski definition) is 10. The molecule has 0 fully saturated rings. The van der Waals surface area contributed by atoms with Gasteiger partial charge in [0.25, 0.3) is 0 Å². The van der Waals surface area contributed by atoms with Gasteiger partial charge < -0.3 is 29.2 Å². The Balaban J connectivity index is 1.30. The second kappa shape index (κ2) is 18.4. The van der Waals surface area contributed by atoms with Crippen LogP contribution in [0.3, 0.4) is 0 Å². The van der Waals surface area contributed by atoms with Gasteiger partial charge in [-0.15, -0.1) is 0 Å². The zero-order valence-electron chi connectivity index (χ0n) is 31.5. The maximum atomic E-state index is 11.3. The first-order chi connectivity index (χ1) is 28.1. The number of fused-ring (bicyclic) bond motifs is 4. The number of benzene rings is 2. The van der Waals surface area contributed by atoms with E-state index in [0.29, 0.717) is 78.9 Å². The van der Waals surface area contributed by atoms with Gasteiger partial charge in [0.15, 0.2) is 0 Å². The van der Waals surface area contributed by atoms with Gasteiger partial charge in [-0.05, 0) is 92.6 Å².